The third kappa shape index (κ3) is 3.63. The van der Waals surface area contributed by atoms with Crippen LogP contribution in [-0.2, 0) is 0 Å². The van der Waals surface area contributed by atoms with Crippen LogP contribution in [0.2, 0.25) is 0 Å². The molecule has 0 spiro atoms. The number of nitrogens with zero attached hydrogens (tertiary/aromatic N) is 2. The molecule has 0 aliphatic carbocycles. The van der Waals surface area contributed by atoms with Crippen molar-refractivity contribution in [1.29, 1.82) is 0 Å². The highest BCUT2D eigenvalue weighted by Gasteiger charge is 2.29. The van der Waals surface area contributed by atoms with E-state index in [-0.39, 0.29) is 5.54 Å². The van der Waals surface area contributed by atoms with E-state index >= 15 is 0 Å². The first-order chi connectivity index (χ1) is 9.32. The number of thiophene rings is 1. The Morgan fingerprint density at radius 2 is 1.90 bits per heavy atom. The largest absolute Gasteiger partial charge is 0.329 e. The fraction of sp³-hybridized carbons (Fsp3) is 0.733. The SMILES string of the molecule is Cc1sc(C(CN)N2CCN(C(C)(C)C)CC2)cc1Br. The summed E-state index contributed by atoms with van der Waals surface area (Å²) in [7, 11) is 0. The van der Waals surface area contributed by atoms with E-state index in [2.05, 4.69) is 59.5 Å². The van der Waals surface area contributed by atoms with Gasteiger partial charge >= 0.3 is 0 Å². The van der Waals surface area contributed by atoms with Crippen molar-refractivity contribution in [2.45, 2.75) is 39.3 Å². The smallest absolute Gasteiger partial charge is 0.0565 e. The lowest BCUT2D eigenvalue weighted by Gasteiger charge is -2.44. The molecule has 1 atom stereocenters. The molecule has 5 heteroatoms. The van der Waals surface area contributed by atoms with Crippen molar-refractivity contribution in [2.24, 2.45) is 5.73 Å². The van der Waals surface area contributed by atoms with Crippen molar-refractivity contribution in [2.75, 3.05) is 32.7 Å². The molecule has 0 amide bonds. The van der Waals surface area contributed by atoms with E-state index in [4.69, 9.17) is 5.73 Å². The van der Waals surface area contributed by atoms with Crippen LogP contribution in [0.15, 0.2) is 10.5 Å². The number of halogens is 1. The highest BCUT2D eigenvalue weighted by molar-refractivity contribution is 9.10. The van der Waals surface area contributed by atoms with Crippen molar-refractivity contribution in [1.82, 2.24) is 9.80 Å². The molecule has 0 bridgehead atoms. The second-order valence-electron chi connectivity index (χ2n) is 6.50. The van der Waals surface area contributed by atoms with Crippen LogP contribution >= 0.6 is 27.3 Å². The van der Waals surface area contributed by atoms with Crippen LogP contribution in [0.5, 0.6) is 0 Å². The van der Waals surface area contributed by atoms with E-state index in [1.54, 1.807) is 0 Å². The summed E-state index contributed by atoms with van der Waals surface area (Å²) in [6, 6.07) is 2.61. The lowest BCUT2D eigenvalue weighted by molar-refractivity contribution is 0.0440. The average Bonchev–Trinajstić information content (AvgIpc) is 2.70. The van der Waals surface area contributed by atoms with E-state index in [9.17, 15) is 0 Å². The zero-order valence-electron chi connectivity index (χ0n) is 12.9. The van der Waals surface area contributed by atoms with Crippen LogP contribution in [0.4, 0.5) is 0 Å². The predicted octanol–water partition coefficient (Wildman–Crippen LogP) is 3.23. The van der Waals surface area contributed by atoms with Crippen LogP contribution in [0.3, 0.4) is 0 Å². The summed E-state index contributed by atoms with van der Waals surface area (Å²) < 4.78 is 1.21. The van der Waals surface area contributed by atoms with Gasteiger partial charge in [0, 0.05) is 52.5 Å². The Morgan fingerprint density at radius 1 is 1.30 bits per heavy atom. The summed E-state index contributed by atoms with van der Waals surface area (Å²) in [6.45, 7) is 14.2. The molecule has 0 aromatic carbocycles. The van der Waals surface area contributed by atoms with Crippen molar-refractivity contribution in [3.63, 3.8) is 0 Å². The molecule has 2 heterocycles. The minimum atomic E-state index is 0.271. The van der Waals surface area contributed by atoms with E-state index in [0.29, 0.717) is 12.6 Å². The summed E-state index contributed by atoms with van der Waals surface area (Å²) in [4.78, 5) is 7.83. The first-order valence-electron chi connectivity index (χ1n) is 7.28. The third-order valence-electron chi connectivity index (χ3n) is 4.13. The maximum absolute atomic E-state index is 6.05. The minimum absolute atomic E-state index is 0.271. The van der Waals surface area contributed by atoms with Gasteiger partial charge < -0.3 is 5.73 Å². The first-order valence-corrected chi connectivity index (χ1v) is 8.89. The maximum atomic E-state index is 6.05. The molecule has 2 rings (SSSR count). The Bertz CT molecular complexity index is 425. The monoisotopic (exact) mass is 359 g/mol. The van der Waals surface area contributed by atoms with Crippen LogP contribution in [-0.4, -0.2) is 48.1 Å². The Hall–Kier alpha value is 0.0600. The molecule has 114 valence electrons. The van der Waals surface area contributed by atoms with E-state index in [1.807, 2.05) is 11.3 Å². The van der Waals surface area contributed by atoms with Crippen molar-refractivity contribution >= 4 is 27.3 Å². The number of piperazine rings is 1. The molecule has 0 radical (unpaired) electrons. The molecule has 20 heavy (non-hydrogen) atoms. The molecule has 1 unspecified atom stereocenters. The first kappa shape index (κ1) is 16.4. The number of aryl methyl sites for hydroxylation is 1. The fourth-order valence-corrected chi connectivity index (χ4v) is 4.50. The maximum Gasteiger partial charge on any atom is 0.0565 e. The van der Waals surface area contributed by atoms with Gasteiger partial charge in [-0.15, -0.1) is 11.3 Å². The Morgan fingerprint density at radius 3 is 2.30 bits per heavy atom. The van der Waals surface area contributed by atoms with Crippen molar-refractivity contribution < 1.29 is 0 Å². The van der Waals surface area contributed by atoms with Crippen molar-refractivity contribution in [3.8, 4) is 0 Å². The molecule has 3 nitrogen and oxygen atoms in total. The zero-order valence-corrected chi connectivity index (χ0v) is 15.4. The predicted molar refractivity (Wildman–Crippen MR) is 91.5 cm³/mol. The normalized spacial score (nSPS) is 20.3. The van der Waals surface area contributed by atoms with Gasteiger partial charge in [-0.25, -0.2) is 0 Å². The Labute approximate surface area is 135 Å². The van der Waals surface area contributed by atoms with Gasteiger partial charge in [0.05, 0.1) is 6.04 Å². The van der Waals surface area contributed by atoms with E-state index < -0.39 is 0 Å². The minimum Gasteiger partial charge on any atom is -0.329 e. The molecule has 1 aromatic rings. The van der Waals surface area contributed by atoms with Gasteiger partial charge in [-0.1, -0.05) is 0 Å². The lowest BCUT2D eigenvalue weighted by Crippen LogP contribution is -2.54. The topological polar surface area (TPSA) is 32.5 Å². The lowest BCUT2D eigenvalue weighted by atomic mass is 10.0. The summed E-state index contributed by atoms with van der Waals surface area (Å²) >= 11 is 5.48. The molecular weight excluding hydrogens is 334 g/mol. The standard InChI is InChI=1S/C15H26BrN3S/c1-11-12(16)9-14(20-11)13(10-17)18-5-7-19(8-6-18)15(2,3)4/h9,13H,5-8,10,17H2,1-4H3. The van der Waals surface area contributed by atoms with Gasteiger partial charge in [-0.3, -0.25) is 9.80 Å². The van der Waals surface area contributed by atoms with Gasteiger partial charge in [0.1, 0.15) is 0 Å². The average molecular weight is 360 g/mol. The molecule has 0 saturated carbocycles. The summed E-state index contributed by atoms with van der Waals surface area (Å²) in [5, 5.41) is 0. The van der Waals surface area contributed by atoms with Crippen LogP contribution < -0.4 is 5.73 Å². The highest BCUT2D eigenvalue weighted by atomic mass is 79.9. The third-order valence-corrected chi connectivity index (χ3v) is 6.37. The molecule has 2 N–H and O–H groups in total. The van der Waals surface area contributed by atoms with Gasteiger partial charge in [-0.2, -0.15) is 0 Å². The van der Waals surface area contributed by atoms with Crippen LogP contribution in [0, 0.1) is 6.92 Å². The van der Waals surface area contributed by atoms with E-state index in [1.165, 1.54) is 14.2 Å². The Kier molecular flexibility index (Phi) is 5.29. The molecule has 1 aliphatic heterocycles. The number of rotatable bonds is 3. The van der Waals surface area contributed by atoms with E-state index in [0.717, 1.165) is 26.2 Å². The second kappa shape index (κ2) is 6.44. The number of hydrogen-bond acceptors (Lipinski definition) is 4. The molecule has 1 saturated heterocycles. The summed E-state index contributed by atoms with van der Waals surface area (Å²) in [5.74, 6) is 0. The molecule has 1 fully saturated rings. The second-order valence-corrected chi connectivity index (χ2v) is 8.64. The highest BCUT2D eigenvalue weighted by Crippen LogP contribution is 2.33. The van der Waals surface area contributed by atoms with Gasteiger partial charge in [-0.05, 0) is 49.7 Å². The summed E-state index contributed by atoms with van der Waals surface area (Å²) in [5.41, 5.74) is 6.32. The van der Waals surface area contributed by atoms with Gasteiger partial charge in [0.15, 0.2) is 0 Å². The van der Waals surface area contributed by atoms with Gasteiger partial charge in [0.2, 0.25) is 0 Å². The van der Waals surface area contributed by atoms with Crippen LogP contribution in [0.25, 0.3) is 0 Å². The Balaban J connectivity index is 2.04. The van der Waals surface area contributed by atoms with Gasteiger partial charge in [0.25, 0.3) is 0 Å². The molecule has 1 aromatic heterocycles. The fourth-order valence-electron chi connectivity index (χ4n) is 2.80. The molecular formula is C15H26BrN3S. The number of hydrogen-bond donors (Lipinski definition) is 1. The van der Waals surface area contributed by atoms with Crippen molar-refractivity contribution in [3.05, 3.63) is 20.3 Å². The molecule has 1 aliphatic rings. The summed E-state index contributed by atoms with van der Waals surface area (Å²) in [6.07, 6.45) is 0. The van der Waals surface area contributed by atoms with Crippen LogP contribution in [0.1, 0.15) is 36.6 Å². The number of nitrogens with two attached hydrogens (primary N) is 1. The quantitative estimate of drug-likeness (QED) is 0.898. The zero-order chi connectivity index (χ0) is 14.9.